The van der Waals surface area contributed by atoms with E-state index in [0.717, 1.165) is 11.1 Å². The average molecular weight is 239 g/mol. The molecule has 1 aromatic heterocycles. The Morgan fingerprint density at radius 3 is 2.44 bits per heavy atom. The molecule has 3 heteroatoms. The van der Waals surface area contributed by atoms with Crippen LogP contribution in [0.3, 0.4) is 0 Å². The fourth-order valence-corrected chi connectivity index (χ4v) is 2.31. The van der Waals surface area contributed by atoms with E-state index in [1.807, 2.05) is 42.5 Å². The molecule has 1 saturated carbocycles. The molecule has 18 heavy (non-hydrogen) atoms. The lowest BCUT2D eigenvalue weighted by Crippen LogP contribution is -2.21. The lowest BCUT2D eigenvalue weighted by molar-refractivity contribution is -0.140. The van der Waals surface area contributed by atoms with Crippen molar-refractivity contribution in [3.63, 3.8) is 0 Å². The fraction of sp³-hybridized carbons (Fsp3) is 0.200. The van der Waals surface area contributed by atoms with Gasteiger partial charge in [0.25, 0.3) is 0 Å². The normalized spacial score (nSPS) is 16.2. The van der Waals surface area contributed by atoms with E-state index in [2.05, 4.69) is 4.98 Å². The van der Waals surface area contributed by atoms with E-state index >= 15 is 0 Å². The molecule has 0 bridgehead atoms. The zero-order valence-electron chi connectivity index (χ0n) is 9.84. The van der Waals surface area contributed by atoms with Crippen LogP contribution in [0, 0.1) is 0 Å². The molecule has 0 spiro atoms. The Morgan fingerprint density at radius 2 is 1.83 bits per heavy atom. The summed E-state index contributed by atoms with van der Waals surface area (Å²) in [5, 5.41) is 9.39. The quantitative estimate of drug-likeness (QED) is 0.896. The average Bonchev–Trinajstić information content (AvgIpc) is 3.21. The maximum absolute atomic E-state index is 11.4. The highest BCUT2D eigenvalue weighted by atomic mass is 16.4. The molecule has 3 nitrogen and oxygen atoms in total. The summed E-state index contributed by atoms with van der Waals surface area (Å²) in [5.74, 6) is -0.765. The Balaban J connectivity index is 2.15. The number of aliphatic carboxylic acids is 1. The summed E-state index contributed by atoms with van der Waals surface area (Å²) in [7, 11) is 0. The first kappa shape index (κ1) is 11.0. The van der Waals surface area contributed by atoms with Crippen molar-refractivity contribution in [2.24, 2.45) is 0 Å². The predicted molar refractivity (Wildman–Crippen MR) is 68.2 cm³/mol. The second-order valence-electron chi connectivity index (χ2n) is 4.65. The van der Waals surface area contributed by atoms with E-state index in [1.165, 1.54) is 0 Å². The minimum Gasteiger partial charge on any atom is -0.481 e. The second kappa shape index (κ2) is 3.95. The van der Waals surface area contributed by atoms with E-state index in [0.29, 0.717) is 18.5 Å². The van der Waals surface area contributed by atoms with Crippen LogP contribution in [0.5, 0.6) is 0 Å². The molecule has 1 fully saturated rings. The van der Waals surface area contributed by atoms with Gasteiger partial charge in [0.05, 0.1) is 5.69 Å². The van der Waals surface area contributed by atoms with Gasteiger partial charge in [-0.05, 0) is 24.5 Å². The summed E-state index contributed by atoms with van der Waals surface area (Å²) in [6.07, 6.45) is 3.03. The zero-order valence-corrected chi connectivity index (χ0v) is 9.84. The Kier molecular flexibility index (Phi) is 2.40. The molecule has 1 aliphatic carbocycles. The Labute approximate surface area is 105 Å². The number of carboxylic acid groups (broad SMARTS) is 1. The topological polar surface area (TPSA) is 50.2 Å². The molecule has 0 amide bonds. The Morgan fingerprint density at radius 1 is 1.11 bits per heavy atom. The van der Waals surface area contributed by atoms with E-state index in [1.54, 1.807) is 6.20 Å². The first-order valence-corrected chi connectivity index (χ1v) is 5.98. The number of carboxylic acids is 1. The van der Waals surface area contributed by atoms with Crippen molar-refractivity contribution >= 4 is 5.97 Å². The number of nitrogens with zero attached hydrogens (tertiary/aromatic N) is 1. The largest absolute Gasteiger partial charge is 0.481 e. The van der Waals surface area contributed by atoms with Gasteiger partial charge in [-0.15, -0.1) is 0 Å². The number of rotatable bonds is 3. The van der Waals surface area contributed by atoms with E-state index in [4.69, 9.17) is 0 Å². The van der Waals surface area contributed by atoms with Crippen LogP contribution < -0.4 is 0 Å². The van der Waals surface area contributed by atoms with Crippen molar-refractivity contribution in [3.05, 3.63) is 54.4 Å². The van der Waals surface area contributed by atoms with Crippen LogP contribution in [0.25, 0.3) is 11.1 Å². The van der Waals surface area contributed by atoms with E-state index in [-0.39, 0.29) is 0 Å². The van der Waals surface area contributed by atoms with Crippen molar-refractivity contribution in [1.82, 2.24) is 4.98 Å². The number of aromatic nitrogens is 1. The summed E-state index contributed by atoms with van der Waals surface area (Å²) in [4.78, 5) is 15.8. The number of pyridine rings is 1. The lowest BCUT2D eigenvalue weighted by Gasteiger charge is -2.14. The van der Waals surface area contributed by atoms with Gasteiger partial charge in [-0.2, -0.15) is 0 Å². The van der Waals surface area contributed by atoms with Gasteiger partial charge >= 0.3 is 5.97 Å². The minimum absolute atomic E-state index is 0.680. The smallest absolute Gasteiger partial charge is 0.315 e. The molecule has 1 aliphatic rings. The van der Waals surface area contributed by atoms with Crippen LogP contribution in [0.15, 0.2) is 48.7 Å². The Bertz CT molecular complexity index is 588. The minimum atomic E-state index is -0.765. The molecule has 0 unspecified atom stereocenters. The van der Waals surface area contributed by atoms with Crippen LogP contribution >= 0.6 is 0 Å². The molecular weight excluding hydrogens is 226 g/mol. The van der Waals surface area contributed by atoms with Crippen molar-refractivity contribution in [2.45, 2.75) is 18.3 Å². The number of carbonyl (C=O) groups is 1. The van der Waals surface area contributed by atoms with Crippen molar-refractivity contribution in [3.8, 4) is 11.1 Å². The molecule has 90 valence electrons. The third kappa shape index (κ3) is 1.59. The van der Waals surface area contributed by atoms with Gasteiger partial charge in [0, 0.05) is 11.8 Å². The van der Waals surface area contributed by atoms with Crippen LogP contribution in [0.4, 0.5) is 0 Å². The standard InChI is InChI=1S/C15H13NO2/c17-14(18)15(8-9-15)13-12(7-4-10-16-13)11-5-2-1-3-6-11/h1-7,10H,8-9H2,(H,17,18). The monoisotopic (exact) mass is 239 g/mol. The first-order chi connectivity index (χ1) is 8.74. The van der Waals surface area contributed by atoms with Crippen LogP contribution in [-0.2, 0) is 10.2 Å². The maximum atomic E-state index is 11.4. The zero-order chi connectivity index (χ0) is 12.6. The summed E-state index contributed by atoms with van der Waals surface area (Å²) in [6.45, 7) is 0. The molecular formula is C15H13NO2. The maximum Gasteiger partial charge on any atom is 0.315 e. The molecule has 0 atom stereocenters. The number of benzene rings is 1. The molecule has 0 radical (unpaired) electrons. The van der Waals surface area contributed by atoms with Crippen LogP contribution in [0.2, 0.25) is 0 Å². The fourth-order valence-electron chi connectivity index (χ4n) is 2.31. The molecule has 2 aromatic rings. The van der Waals surface area contributed by atoms with E-state index < -0.39 is 11.4 Å². The van der Waals surface area contributed by atoms with Gasteiger partial charge in [0.15, 0.2) is 0 Å². The second-order valence-corrected chi connectivity index (χ2v) is 4.65. The van der Waals surface area contributed by atoms with Gasteiger partial charge in [0.2, 0.25) is 0 Å². The summed E-state index contributed by atoms with van der Waals surface area (Å²) >= 11 is 0. The van der Waals surface area contributed by atoms with Crippen molar-refractivity contribution < 1.29 is 9.90 Å². The highest BCUT2D eigenvalue weighted by Crippen LogP contribution is 2.50. The molecule has 1 heterocycles. The third-order valence-electron chi connectivity index (χ3n) is 3.51. The van der Waals surface area contributed by atoms with Crippen LogP contribution in [-0.4, -0.2) is 16.1 Å². The number of hydrogen-bond acceptors (Lipinski definition) is 2. The molecule has 0 saturated heterocycles. The number of hydrogen-bond donors (Lipinski definition) is 1. The first-order valence-electron chi connectivity index (χ1n) is 5.98. The summed E-state index contributed by atoms with van der Waals surface area (Å²) < 4.78 is 0. The van der Waals surface area contributed by atoms with Crippen molar-refractivity contribution in [1.29, 1.82) is 0 Å². The van der Waals surface area contributed by atoms with Gasteiger partial charge in [0.1, 0.15) is 5.41 Å². The van der Waals surface area contributed by atoms with Gasteiger partial charge in [-0.1, -0.05) is 36.4 Å². The van der Waals surface area contributed by atoms with Crippen LogP contribution in [0.1, 0.15) is 18.5 Å². The lowest BCUT2D eigenvalue weighted by atomic mass is 9.93. The highest BCUT2D eigenvalue weighted by Gasteiger charge is 2.54. The van der Waals surface area contributed by atoms with Crippen molar-refractivity contribution in [2.75, 3.05) is 0 Å². The van der Waals surface area contributed by atoms with Gasteiger partial charge in [-0.3, -0.25) is 9.78 Å². The molecule has 0 aliphatic heterocycles. The Hall–Kier alpha value is -2.16. The molecule has 3 rings (SSSR count). The summed E-state index contributed by atoms with van der Waals surface area (Å²) in [5.41, 5.74) is 1.89. The van der Waals surface area contributed by atoms with E-state index in [9.17, 15) is 9.90 Å². The van der Waals surface area contributed by atoms with Gasteiger partial charge in [-0.25, -0.2) is 0 Å². The molecule has 1 aromatic carbocycles. The SMILES string of the molecule is O=C(O)C1(c2ncccc2-c2ccccc2)CC1. The summed E-state index contributed by atoms with van der Waals surface area (Å²) in [6, 6.07) is 13.6. The third-order valence-corrected chi connectivity index (χ3v) is 3.51. The highest BCUT2D eigenvalue weighted by molar-refractivity contribution is 5.87. The predicted octanol–water partition coefficient (Wildman–Crippen LogP) is 2.86. The van der Waals surface area contributed by atoms with Gasteiger partial charge < -0.3 is 5.11 Å². The molecule has 1 N–H and O–H groups in total.